The van der Waals surface area contributed by atoms with Crippen LogP contribution in [-0.2, 0) is 9.53 Å². The molecule has 0 bridgehead atoms. The van der Waals surface area contributed by atoms with E-state index in [0.29, 0.717) is 0 Å². The van der Waals surface area contributed by atoms with Gasteiger partial charge in [-0.05, 0) is 53.8 Å². The number of carboxylic acid groups (broad SMARTS) is 1. The predicted molar refractivity (Wildman–Crippen MR) is 71.1 cm³/mol. The molecule has 1 fully saturated rings. The third-order valence-electron chi connectivity index (χ3n) is 3.06. The molecule has 1 heterocycles. The number of carbonyl (C=O) groups excluding carboxylic acids is 1. The number of piperidine rings is 1. The number of rotatable bonds is 3. The van der Waals surface area contributed by atoms with Crippen LogP contribution in [-0.4, -0.2) is 65.3 Å². The summed E-state index contributed by atoms with van der Waals surface area (Å²) in [5, 5.41) is 8.95. The van der Waals surface area contributed by atoms with Crippen molar-refractivity contribution in [2.24, 2.45) is 0 Å². The second-order valence-electron chi connectivity index (χ2n) is 6.04. The lowest BCUT2D eigenvalue weighted by Gasteiger charge is -2.37. The number of carboxylic acids is 1. The molecular formula is C13H24N2O4. The number of aliphatic carboxylic acids is 1. The number of hydrogen-bond donors (Lipinski definition) is 1. The first-order chi connectivity index (χ1) is 8.69. The molecule has 1 N–H and O–H groups in total. The van der Waals surface area contributed by atoms with Gasteiger partial charge in [0.1, 0.15) is 12.1 Å². The van der Waals surface area contributed by atoms with Crippen molar-refractivity contribution >= 4 is 12.1 Å². The van der Waals surface area contributed by atoms with Crippen LogP contribution in [0.1, 0.15) is 33.6 Å². The van der Waals surface area contributed by atoms with Crippen molar-refractivity contribution in [2.45, 2.75) is 45.3 Å². The van der Waals surface area contributed by atoms with Gasteiger partial charge in [0.25, 0.3) is 0 Å². The smallest absolute Gasteiger partial charge is 0.411 e. The quantitative estimate of drug-likeness (QED) is 0.841. The normalized spacial score (nSPS) is 18.1. The number of nitrogens with zero attached hydrogens (tertiary/aromatic N) is 2. The summed E-state index contributed by atoms with van der Waals surface area (Å²) in [5.41, 5.74) is -0.612. The molecule has 0 unspecified atom stereocenters. The average Bonchev–Trinajstić information content (AvgIpc) is 2.24. The van der Waals surface area contributed by atoms with Gasteiger partial charge >= 0.3 is 12.1 Å². The number of ether oxygens (including phenoxy) is 1. The number of carbonyl (C=O) groups is 2. The van der Waals surface area contributed by atoms with Gasteiger partial charge in [0, 0.05) is 6.04 Å². The largest absolute Gasteiger partial charge is 0.480 e. The first-order valence-corrected chi connectivity index (χ1v) is 6.59. The van der Waals surface area contributed by atoms with E-state index in [1.807, 2.05) is 7.05 Å². The molecule has 1 aliphatic rings. The van der Waals surface area contributed by atoms with E-state index in [1.165, 1.54) is 4.90 Å². The number of hydrogen-bond acceptors (Lipinski definition) is 4. The monoisotopic (exact) mass is 272 g/mol. The Morgan fingerprint density at radius 1 is 1.32 bits per heavy atom. The highest BCUT2D eigenvalue weighted by Gasteiger charge is 2.31. The fourth-order valence-electron chi connectivity index (χ4n) is 2.12. The van der Waals surface area contributed by atoms with Gasteiger partial charge in [-0.3, -0.25) is 9.69 Å². The first-order valence-electron chi connectivity index (χ1n) is 6.59. The zero-order valence-electron chi connectivity index (χ0n) is 12.2. The lowest BCUT2D eigenvalue weighted by atomic mass is 10.0. The van der Waals surface area contributed by atoms with Crippen LogP contribution in [0.5, 0.6) is 0 Å². The van der Waals surface area contributed by atoms with Crippen molar-refractivity contribution in [1.82, 2.24) is 9.80 Å². The number of amides is 1. The van der Waals surface area contributed by atoms with E-state index >= 15 is 0 Å². The molecule has 19 heavy (non-hydrogen) atoms. The van der Waals surface area contributed by atoms with Gasteiger partial charge in [0.15, 0.2) is 0 Å². The lowest BCUT2D eigenvalue weighted by Crippen LogP contribution is -2.50. The number of likely N-dealkylation sites (tertiary alicyclic amines) is 1. The molecule has 0 spiro atoms. The van der Waals surface area contributed by atoms with E-state index in [-0.39, 0.29) is 12.6 Å². The minimum absolute atomic E-state index is 0.0536. The molecule has 0 aromatic rings. The van der Waals surface area contributed by atoms with Crippen LogP contribution in [0.2, 0.25) is 0 Å². The van der Waals surface area contributed by atoms with Gasteiger partial charge in [-0.1, -0.05) is 0 Å². The van der Waals surface area contributed by atoms with Crippen LogP contribution >= 0.6 is 0 Å². The lowest BCUT2D eigenvalue weighted by molar-refractivity contribution is -0.139. The molecule has 6 nitrogen and oxygen atoms in total. The summed E-state index contributed by atoms with van der Waals surface area (Å²) in [6.07, 6.45) is 1.02. The highest BCUT2D eigenvalue weighted by atomic mass is 16.6. The minimum atomic E-state index is -1.01. The van der Waals surface area contributed by atoms with E-state index in [1.54, 1.807) is 20.8 Å². The van der Waals surface area contributed by atoms with Crippen LogP contribution in [0.4, 0.5) is 4.79 Å². The zero-order chi connectivity index (χ0) is 14.6. The van der Waals surface area contributed by atoms with Crippen molar-refractivity contribution in [1.29, 1.82) is 0 Å². The molecule has 1 amide bonds. The third kappa shape index (κ3) is 5.46. The molecule has 1 aliphatic heterocycles. The Kier molecular flexibility index (Phi) is 5.17. The maximum Gasteiger partial charge on any atom is 0.411 e. The Balaban J connectivity index is 2.71. The van der Waals surface area contributed by atoms with Crippen LogP contribution in [0, 0.1) is 0 Å². The van der Waals surface area contributed by atoms with E-state index in [9.17, 15) is 9.59 Å². The molecular weight excluding hydrogens is 248 g/mol. The summed E-state index contributed by atoms with van der Waals surface area (Å²) in [7, 11) is 2.02. The Bertz CT molecular complexity index is 330. The molecule has 0 aromatic carbocycles. The Morgan fingerprint density at radius 3 is 2.26 bits per heavy atom. The Morgan fingerprint density at radius 2 is 1.84 bits per heavy atom. The van der Waals surface area contributed by atoms with Gasteiger partial charge < -0.3 is 14.7 Å². The zero-order valence-corrected chi connectivity index (χ0v) is 12.2. The van der Waals surface area contributed by atoms with Gasteiger partial charge in [0.2, 0.25) is 0 Å². The van der Waals surface area contributed by atoms with Crippen LogP contribution in [0.15, 0.2) is 0 Å². The van der Waals surface area contributed by atoms with Crippen molar-refractivity contribution in [3.63, 3.8) is 0 Å². The fraction of sp³-hybridized carbons (Fsp3) is 0.846. The van der Waals surface area contributed by atoms with Crippen molar-refractivity contribution in [3.05, 3.63) is 0 Å². The van der Waals surface area contributed by atoms with Gasteiger partial charge in [0.05, 0.1) is 0 Å². The van der Waals surface area contributed by atoms with Gasteiger partial charge in [-0.25, -0.2) is 4.79 Å². The molecule has 0 atom stereocenters. The van der Waals surface area contributed by atoms with E-state index in [4.69, 9.17) is 9.84 Å². The highest BCUT2D eigenvalue weighted by molar-refractivity contribution is 5.77. The maximum atomic E-state index is 12.1. The minimum Gasteiger partial charge on any atom is -0.480 e. The summed E-state index contributed by atoms with van der Waals surface area (Å²) >= 11 is 0. The molecule has 0 aromatic heterocycles. The molecule has 0 aliphatic carbocycles. The van der Waals surface area contributed by atoms with Crippen LogP contribution < -0.4 is 0 Å². The summed E-state index contributed by atoms with van der Waals surface area (Å²) in [5.74, 6) is -1.01. The van der Waals surface area contributed by atoms with E-state index < -0.39 is 17.7 Å². The second-order valence-corrected chi connectivity index (χ2v) is 6.04. The van der Waals surface area contributed by atoms with E-state index in [0.717, 1.165) is 25.9 Å². The predicted octanol–water partition coefficient (Wildman–Crippen LogP) is 1.40. The molecule has 6 heteroatoms. The summed E-state index contributed by atoms with van der Waals surface area (Å²) in [4.78, 5) is 26.5. The molecule has 0 saturated carbocycles. The highest BCUT2D eigenvalue weighted by Crippen LogP contribution is 2.18. The first kappa shape index (κ1) is 15.8. The Labute approximate surface area is 114 Å². The molecule has 1 saturated heterocycles. The van der Waals surface area contributed by atoms with E-state index in [2.05, 4.69) is 4.90 Å². The summed E-state index contributed by atoms with van der Waals surface area (Å²) in [6.45, 7) is 6.76. The SMILES string of the molecule is CN1CCC(N(CC(=O)O)C(=O)OC(C)(C)C)CC1. The molecule has 110 valence electrons. The second kappa shape index (κ2) is 6.23. The van der Waals surface area contributed by atoms with Crippen molar-refractivity contribution in [3.8, 4) is 0 Å². The van der Waals surface area contributed by atoms with Crippen LogP contribution in [0.25, 0.3) is 0 Å². The topological polar surface area (TPSA) is 70.1 Å². The fourth-order valence-corrected chi connectivity index (χ4v) is 2.12. The Hall–Kier alpha value is -1.30. The van der Waals surface area contributed by atoms with Gasteiger partial charge in [-0.2, -0.15) is 0 Å². The standard InChI is InChI=1S/C13H24N2O4/c1-13(2,3)19-12(18)15(9-11(16)17)10-5-7-14(4)8-6-10/h10H,5-9H2,1-4H3,(H,16,17). The average molecular weight is 272 g/mol. The maximum absolute atomic E-state index is 12.1. The summed E-state index contributed by atoms with van der Waals surface area (Å²) < 4.78 is 5.29. The molecule has 0 radical (unpaired) electrons. The third-order valence-corrected chi connectivity index (χ3v) is 3.06. The van der Waals surface area contributed by atoms with Gasteiger partial charge in [-0.15, -0.1) is 0 Å². The summed E-state index contributed by atoms with van der Waals surface area (Å²) in [6, 6.07) is -0.0536. The molecule has 1 rings (SSSR count). The van der Waals surface area contributed by atoms with Crippen molar-refractivity contribution < 1.29 is 19.4 Å². The van der Waals surface area contributed by atoms with Crippen molar-refractivity contribution in [2.75, 3.05) is 26.7 Å². The van der Waals surface area contributed by atoms with Crippen LogP contribution in [0.3, 0.4) is 0 Å².